The van der Waals surface area contributed by atoms with Gasteiger partial charge in [-0.15, -0.1) is 5.10 Å². The van der Waals surface area contributed by atoms with Crippen LogP contribution in [0.3, 0.4) is 0 Å². The predicted molar refractivity (Wildman–Crippen MR) is 148 cm³/mol. The average molecular weight is 552 g/mol. The summed E-state index contributed by atoms with van der Waals surface area (Å²) in [5.74, 6) is -0.913. The van der Waals surface area contributed by atoms with E-state index in [1.165, 1.54) is 0 Å². The monoisotopic (exact) mass is 551 g/mol. The summed E-state index contributed by atoms with van der Waals surface area (Å²) in [6.07, 6.45) is 2.12. The summed E-state index contributed by atoms with van der Waals surface area (Å²) >= 11 is 0. The summed E-state index contributed by atoms with van der Waals surface area (Å²) in [6, 6.07) is 14.3. The summed E-state index contributed by atoms with van der Waals surface area (Å²) in [4.78, 5) is 28.3. The molecule has 206 valence electrons. The molecule has 1 saturated heterocycles. The fourth-order valence-corrected chi connectivity index (χ4v) is 8.77. The third-order valence-corrected chi connectivity index (χ3v) is 10.4. The maximum Gasteiger partial charge on any atom is 0.264 e. The van der Waals surface area contributed by atoms with E-state index >= 15 is 4.11 Å². The lowest BCUT2D eigenvalue weighted by molar-refractivity contribution is -0.145. The zero-order valence-corrected chi connectivity index (χ0v) is 23.6. The number of aryl methyl sites for hydroxylation is 1. The Hall–Kier alpha value is -3.41. The lowest BCUT2D eigenvalue weighted by atomic mass is 9.82. The number of amides is 2. The molecule has 0 bridgehead atoms. The molecule has 2 aliphatic heterocycles. The number of halogens is 1. The van der Waals surface area contributed by atoms with Gasteiger partial charge in [-0.2, -0.15) is 0 Å². The molecular weight excluding hydrogens is 517 g/mol. The molecule has 2 amide bonds. The molecule has 11 heteroatoms. The first kappa shape index (κ1) is 27.2. The molecule has 5 rings (SSSR count). The Morgan fingerprint density at radius 3 is 2.67 bits per heavy atom. The van der Waals surface area contributed by atoms with E-state index in [9.17, 15) is 9.59 Å². The molecule has 1 fully saturated rings. The van der Waals surface area contributed by atoms with Crippen LogP contribution in [0.5, 0.6) is 0 Å². The molecule has 4 atom stereocenters. The maximum absolute atomic E-state index is 15.9. The van der Waals surface area contributed by atoms with Crippen LogP contribution in [-0.4, -0.2) is 60.1 Å². The van der Waals surface area contributed by atoms with Crippen molar-refractivity contribution in [3.05, 3.63) is 71.5 Å². The van der Waals surface area contributed by atoms with Gasteiger partial charge < -0.3 is 24.2 Å². The third kappa shape index (κ3) is 4.79. The van der Waals surface area contributed by atoms with E-state index < -0.39 is 31.6 Å². The molecule has 3 heterocycles. The van der Waals surface area contributed by atoms with E-state index in [1.807, 2.05) is 13.0 Å². The van der Waals surface area contributed by atoms with Gasteiger partial charge >= 0.3 is 0 Å². The summed E-state index contributed by atoms with van der Waals surface area (Å²) in [5.41, 5.74) is 1.27. The number of carbonyl (C=O) groups excluding carboxylic acids is 2. The van der Waals surface area contributed by atoms with Gasteiger partial charge in [0, 0.05) is 61.1 Å². The fraction of sp³-hybridized carbons (Fsp3) is 0.429. The van der Waals surface area contributed by atoms with Gasteiger partial charge in [0.15, 0.2) is 5.60 Å². The van der Waals surface area contributed by atoms with Crippen molar-refractivity contribution < 1.29 is 23.5 Å². The minimum absolute atomic E-state index is 0.0169. The SMILES string of the molecule is C[C@H]1[C@H]([Si](C)(C)F)[C@@H](CCn2cc(CCO)nn2)O[C@]12C(=O)N(C)c1ccc(NC(=O)c3ccccc3)cc12. The van der Waals surface area contributed by atoms with E-state index in [1.54, 1.807) is 78.4 Å². The third-order valence-electron chi connectivity index (χ3n) is 7.98. The number of nitrogens with zero attached hydrogens (tertiary/aromatic N) is 4. The van der Waals surface area contributed by atoms with Gasteiger partial charge in [-0.25, -0.2) is 0 Å². The molecule has 39 heavy (non-hydrogen) atoms. The molecule has 0 saturated carbocycles. The van der Waals surface area contributed by atoms with Crippen molar-refractivity contribution in [3.63, 3.8) is 0 Å². The van der Waals surface area contributed by atoms with Crippen LogP contribution in [0, 0.1) is 5.92 Å². The molecule has 3 aromatic rings. The van der Waals surface area contributed by atoms with Crippen molar-refractivity contribution in [1.82, 2.24) is 15.0 Å². The number of aliphatic hydroxyl groups excluding tert-OH is 1. The first-order valence-electron chi connectivity index (χ1n) is 13.2. The first-order chi connectivity index (χ1) is 18.6. The number of benzene rings is 2. The Morgan fingerprint density at radius 2 is 1.97 bits per heavy atom. The Morgan fingerprint density at radius 1 is 1.23 bits per heavy atom. The Balaban J connectivity index is 1.47. The van der Waals surface area contributed by atoms with Crippen molar-refractivity contribution in [2.45, 2.75) is 56.7 Å². The van der Waals surface area contributed by atoms with Gasteiger partial charge in [-0.05, 0) is 49.8 Å². The van der Waals surface area contributed by atoms with E-state index in [0.29, 0.717) is 47.6 Å². The van der Waals surface area contributed by atoms with Gasteiger partial charge in [0.25, 0.3) is 11.8 Å². The largest absolute Gasteiger partial charge is 0.396 e. The highest BCUT2D eigenvalue weighted by atomic mass is 28.4. The van der Waals surface area contributed by atoms with E-state index in [0.717, 1.165) is 0 Å². The lowest BCUT2D eigenvalue weighted by Gasteiger charge is -2.31. The maximum atomic E-state index is 15.9. The van der Waals surface area contributed by atoms with Crippen molar-refractivity contribution in [2.24, 2.45) is 5.92 Å². The lowest BCUT2D eigenvalue weighted by Crippen LogP contribution is -2.44. The summed E-state index contributed by atoms with van der Waals surface area (Å²) in [5, 5.41) is 20.3. The Bertz CT molecular complexity index is 1380. The predicted octanol–water partition coefficient (Wildman–Crippen LogP) is 3.91. The second kappa shape index (κ2) is 10.3. The smallest absolute Gasteiger partial charge is 0.264 e. The van der Waals surface area contributed by atoms with Crippen molar-refractivity contribution in [2.75, 3.05) is 23.9 Å². The number of aromatic nitrogens is 3. The molecule has 0 aliphatic carbocycles. The number of carbonyl (C=O) groups is 2. The van der Waals surface area contributed by atoms with Crippen molar-refractivity contribution in [1.29, 1.82) is 0 Å². The molecule has 0 unspecified atom stereocenters. The van der Waals surface area contributed by atoms with Crippen LogP contribution in [0.4, 0.5) is 15.5 Å². The van der Waals surface area contributed by atoms with Crippen LogP contribution < -0.4 is 10.2 Å². The molecule has 2 aromatic carbocycles. The van der Waals surface area contributed by atoms with E-state index in [-0.39, 0.29) is 18.4 Å². The van der Waals surface area contributed by atoms with Gasteiger partial charge in [-0.1, -0.05) is 30.3 Å². The minimum Gasteiger partial charge on any atom is -0.396 e. The highest BCUT2D eigenvalue weighted by molar-refractivity contribution is 6.72. The topological polar surface area (TPSA) is 110 Å². The highest BCUT2D eigenvalue weighted by Gasteiger charge is 2.66. The van der Waals surface area contributed by atoms with Gasteiger partial charge in [0.2, 0.25) is 8.41 Å². The standard InChI is InChI=1S/C28H34FN5O4Si/c1-18-25(39(3,4)29)24(12-14-34-17-21(13-15-35)31-32-34)38-28(18)22-16-20(10-11-23(22)33(2)27(28)37)30-26(36)19-8-6-5-7-9-19/h5-11,16-18,24-25,35H,12-15H2,1-4H3,(H,30,36)/t18-,24+,25-,28+/m0/s1. The van der Waals surface area contributed by atoms with Crippen LogP contribution in [-0.2, 0) is 28.1 Å². The molecule has 2 N–H and O–H groups in total. The number of rotatable bonds is 8. The second-order valence-corrected chi connectivity index (χ2v) is 14.7. The number of anilines is 2. The van der Waals surface area contributed by atoms with Crippen molar-refractivity contribution in [3.8, 4) is 0 Å². The van der Waals surface area contributed by atoms with Crippen LogP contribution in [0.15, 0.2) is 54.7 Å². The average Bonchev–Trinajstić information content (AvgIpc) is 3.54. The highest BCUT2D eigenvalue weighted by Crippen LogP contribution is 2.60. The summed E-state index contributed by atoms with van der Waals surface area (Å²) in [6.45, 7) is 5.66. The van der Waals surface area contributed by atoms with Crippen molar-refractivity contribution >= 4 is 31.6 Å². The number of hydrogen-bond acceptors (Lipinski definition) is 6. The molecular formula is C28H34FN5O4Si. The van der Waals surface area contributed by atoms with Gasteiger partial charge in [0.05, 0.1) is 17.5 Å². The second-order valence-electron chi connectivity index (χ2n) is 10.9. The van der Waals surface area contributed by atoms with Crippen LogP contribution in [0.1, 0.15) is 35.0 Å². The first-order valence-corrected chi connectivity index (χ1v) is 16.2. The molecule has 0 radical (unpaired) electrons. The number of likely N-dealkylation sites (N-methyl/N-ethyl adjacent to an activating group) is 1. The Labute approximate surface area is 228 Å². The summed E-state index contributed by atoms with van der Waals surface area (Å²) in [7, 11) is -1.59. The van der Waals surface area contributed by atoms with Crippen LogP contribution >= 0.6 is 0 Å². The van der Waals surface area contributed by atoms with E-state index in [2.05, 4.69) is 15.6 Å². The number of fused-ring (bicyclic) bond motifs is 2. The minimum atomic E-state index is -3.29. The molecule has 9 nitrogen and oxygen atoms in total. The molecule has 1 aromatic heterocycles. The number of hydrogen-bond donors (Lipinski definition) is 2. The summed E-state index contributed by atoms with van der Waals surface area (Å²) < 4.78 is 24.3. The van der Waals surface area contributed by atoms with Gasteiger partial charge in [-0.3, -0.25) is 14.3 Å². The number of ether oxygens (including phenoxy) is 1. The molecule has 2 aliphatic rings. The van der Waals surface area contributed by atoms with Crippen LogP contribution in [0.2, 0.25) is 18.6 Å². The number of nitrogens with one attached hydrogen (secondary N) is 1. The van der Waals surface area contributed by atoms with Crippen LogP contribution in [0.25, 0.3) is 0 Å². The molecule has 1 spiro atoms. The zero-order valence-electron chi connectivity index (χ0n) is 22.6. The Kier molecular flexibility index (Phi) is 7.17. The quantitative estimate of drug-likeness (QED) is 0.325. The fourth-order valence-electron chi connectivity index (χ4n) is 6.23. The van der Waals surface area contributed by atoms with Gasteiger partial charge in [0.1, 0.15) is 0 Å². The normalized spacial score (nSPS) is 24.4. The zero-order chi connectivity index (χ0) is 27.9. The number of aliphatic hydroxyl groups is 1. The van der Waals surface area contributed by atoms with E-state index in [4.69, 9.17) is 9.84 Å².